The van der Waals surface area contributed by atoms with Crippen molar-refractivity contribution in [3.63, 3.8) is 0 Å². The van der Waals surface area contributed by atoms with Gasteiger partial charge < -0.3 is 52.9 Å². The molecule has 0 bridgehead atoms. The molecule has 0 amide bonds. The van der Waals surface area contributed by atoms with Crippen molar-refractivity contribution in [1.82, 2.24) is 10.6 Å². The van der Waals surface area contributed by atoms with Gasteiger partial charge in [0.05, 0.1) is 5.71 Å². The molecular formula is C32H32BrCuN6PS3. The van der Waals surface area contributed by atoms with Crippen molar-refractivity contribution in [1.29, 1.82) is 0 Å². The van der Waals surface area contributed by atoms with E-state index >= 15 is 0 Å². The van der Waals surface area contributed by atoms with E-state index < -0.39 is 7.26 Å². The maximum atomic E-state index is 5.69. The maximum absolute atomic E-state index is 5.69. The Labute approximate surface area is 297 Å². The van der Waals surface area contributed by atoms with Crippen molar-refractivity contribution in [2.45, 2.75) is 11.8 Å². The van der Waals surface area contributed by atoms with Gasteiger partial charge in [-0.1, -0.05) is 66.7 Å². The first-order valence-electron chi connectivity index (χ1n) is 13.2. The van der Waals surface area contributed by atoms with Crippen LogP contribution < -0.4 is 43.5 Å². The molecule has 0 spiro atoms. The largest absolute Gasteiger partial charge is 2.00 e. The van der Waals surface area contributed by atoms with Gasteiger partial charge in [0.25, 0.3) is 0 Å². The summed E-state index contributed by atoms with van der Waals surface area (Å²) in [6.07, 6.45) is 2.62. The van der Waals surface area contributed by atoms with E-state index in [1.165, 1.54) is 15.9 Å². The van der Waals surface area contributed by atoms with Crippen LogP contribution in [0.15, 0.2) is 141 Å². The first kappa shape index (κ1) is 37.6. The molecule has 0 heterocycles. The molecule has 12 heteroatoms. The van der Waals surface area contributed by atoms with Crippen LogP contribution in [0.5, 0.6) is 0 Å². The molecule has 44 heavy (non-hydrogen) atoms. The van der Waals surface area contributed by atoms with Gasteiger partial charge in [0, 0.05) is 22.7 Å². The number of rotatable bonds is 10. The Kier molecular flexibility index (Phi) is 16.2. The predicted octanol–water partition coefficient (Wildman–Crippen LogP) is 2.06. The predicted molar refractivity (Wildman–Crippen MR) is 190 cm³/mol. The van der Waals surface area contributed by atoms with Crippen molar-refractivity contribution in [2.24, 2.45) is 20.4 Å². The number of hydrogen-bond acceptors (Lipinski definition) is 7. The summed E-state index contributed by atoms with van der Waals surface area (Å²) in [5.74, 6) is 0. The van der Waals surface area contributed by atoms with Crippen LogP contribution in [0.2, 0.25) is 0 Å². The van der Waals surface area contributed by atoms with E-state index in [0.29, 0.717) is 22.9 Å². The van der Waals surface area contributed by atoms with Crippen molar-refractivity contribution in [3.05, 3.63) is 121 Å². The Bertz CT molecular complexity index is 1480. The van der Waals surface area contributed by atoms with Gasteiger partial charge in [0.2, 0.25) is 0 Å². The van der Waals surface area contributed by atoms with E-state index in [1.54, 1.807) is 18.8 Å². The fourth-order valence-electron chi connectivity index (χ4n) is 4.39. The van der Waals surface area contributed by atoms with Gasteiger partial charge in [-0.2, -0.15) is 15.3 Å². The van der Waals surface area contributed by atoms with Crippen molar-refractivity contribution >= 4 is 82.0 Å². The molecule has 0 saturated carbocycles. The van der Waals surface area contributed by atoms with Gasteiger partial charge >= 0.3 is 17.1 Å². The Morgan fingerprint density at radius 2 is 1.14 bits per heavy atom. The molecule has 4 aromatic rings. The summed E-state index contributed by atoms with van der Waals surface area (Å²) in [5.41, 5.74) is 1.98. The van der Waals surface area contributed by atoms with E-state index in [-0.39, 0.29) is 39.2 Å². The Morgan fingerprint density at radius 3 is 1.57 bits per heavy atom. The molecule has 1 radical (unpaired) electrons. The Morgan fingerprint density at radius 1 is 0.682 bits per heavy atom. The van der Waals surface area contributed by atoms with Crippen molar-refractivity contribution in [3.8, 4) is 0 Å². The van der Waals surface area contributed by atoms with Crippen LogP contribution in [0, 0.1) is 0 Å². The third kappa shape index (κ3) is 9.69. The maximum Gasteiger partial charge on any atom is 2.00 e. The molecule has 4 aromatic carbocycles. The minimum absolute atomic E-state index is 0. The van der Waals surface area contributed by atoms with E-state index in [2.05, 4.69) is 104 Å². The Balaban J connectivity index is 0.00000337. The third-order valence-corrected chi connectivity index (χ3v) is 11.9. The summed E-state index contributed by atoms with van der Waals surface area (Å²) in [7, 11) is -0.418. The monoisotopic (exact) mass is 769 g/mol. The van der Waals surface area contributed by atoms with Crippen LogP contribution in [0.4, 0.5) is 0 Å². The van der Waals surface area contributed by atoms with Crippen LogP contribution >= 0.6 is 19.0 Å². The first-order valence-corrected chi connectivity index (χ1v) is 17.2. The Hall–Kier alpha value is -2.62. The smallest absolute Gasteiger partial charge is 1.00 e. The van der Waals surface area contributed by atoms with Gasteiger partial charge in [-0.25, -0.2) is 0 Å². The van der Waals surface area contributed by atoms with Crippen LogP contribution in [-0.2, 0) is 42.3 Å². The zero-order valence-electron chi connectivity index (χ0n) is 24.3. The summed E-state index contributed by atoms with van der Waals surface area (Å²) < 4.78 is 0. The summed E-state index contributed by atoms with van der Waals surface area (Å²) >= 11 is 12.5. The molecule has 0 aromatic heterocycles. The second kappa shape index (κ2) is 19.0. The van der Waals surface area contributed by atoms with Crippen LogP contribution in [-0.4, -0.2) is 41.3 Å². The molecule has 0 fully saturated rings. The summed E-state index contributed by atoms with van der Waals surface area (Å²) in [4.78, 5) is 1.15. The zero-order chi connectivity index (χ0) is 29.8. The SMILES string of the molecule is CNC([S-])=NN=C(C(C)=NN=C([S-])NC[P+](c1ccccc1)(c1ccccc1)c1ccccc1)c1ccc(SC)cc1.[Br-].[Cu+2]. The number of nitrogens with one attached hydrogen (secondary N) is 2. The minimum Gasteiger partial charge on any atom is -1.00 e. The quantitative estimate of drug-likeness (QED) is 0.0492. The van der Waals surface area contributed by atoms with Gasteiger partial charge in [-0.15, -0.1) is 16.9 Å². The van der Waals surface area contributed by atoms with E-state index in [0.717, 1.165) is 10.5 Å². The van der Waals surface area contributed by atoms with Gasteiger partial charge in [0.1, 0.15) is 35.2 Å². The van der Waals surface area contributed by atoms with Crippen LogP contribution in [0.3, 0.4) is 0 Å². The zero-order valence-corrected chi connectivity index (χ0v) is 30.2. The molecule has 0 aliphatic carbocycles. The van der Waals surface area contributed by atoms with Gasteiger partial charge in [0.15, 0.2) is 0 Å². The molecule has 0 atom stereocenters. The summed E-state index contributed by atoms with van der Waals surface area (Å²) in [5, 5.41) is 27.9. The average Bonchev–Trinajstić information content (AvgIpc) is 3.05. The molecular weight excluding hydrogens is 739 g/mol. The number of halogens is 1. The first-order chi connectivity index (χ1) is 20.5. The van der Waals surface area contributed by atoms with Crippen LogP contribution in [0.1, 0.15) is 12.5 Å². The van der Waals surface area contributed by atoms with Crippen molar-refractivity contribution < 1.29 is 34.1 Å². The van der Waals surface area contributed by atoms with Crippen molar-refractivity contribution in [2.75, 3.05) is 19.6 Å². The number of thioether (sulfide) groups is 1. The molecule has 0 aliphatic rings. The van der Waals surface area contributed by atoms with Crippen LogP contribution in [0.25, 0.3) is 0 Å². The van der Waals surface area contributed by atoms with E-state index in [9.17, 15) is 0 Å². The van der Waals surface area contributed by atoms with E-state index in [1.807, 2.05) is 55.6 Å². The minimum atomic E-state index is -2.12. The molecule has 231 valence electrons. The van der Waals surface area contributed by atoms with Gasteiger partial charge in [-0.3, -0.25) is 0 Å². The summed E-state index contributed by atoms with van der Waals surface area (Å²) in [6, 6.07) is 39.9. The fraction of sp³-hybridized carbons (Fsp3) is 0.125. The molecule has 6 nitrogen and oxygen atoms in total. The molecule has 0 aliphatic heterocycles. The number of hydrogen-bond donors (Lipinski definition) is 2. The third-order valence-electron chi connectivity index (χ3n) is 6.51. The molecule has 2 N–H and O–H groups in total. The topological polar surface area (TPSA) is 73.5 Å². The second-order valence-electron chi connectivity index (χ2n) is 9.07. The van der Waals surface area contributed by atoms with Gasteiger partial charge in [-0.05, 0) is 66.9 Å². The standard InChI is InChI=1S/C32H33N6PS3.BrH.Cu/c1-24(30(36-37-31(40)33-2)25-19-21-29(42-3)22-20-25)35-38-32(41)34-23-39(26-13-7-4-8-14-26,27-15-9-5-10-16-27)28-17-11-6-12-18-28;;/h4-22H,23H2,1-3H3,(H3-,33,34,35,36,37,38,40,41);1H;/q;;+2/p-2. The number of benzene rings is 4. The second-order valence-corrected chi connectivity index (χ2v) is 14.2. The number of nitrogens with zero attached hydrogens (tertiary/aromatic N) is 4. The van der Waals surface area contributed by atoms with E-state index in [4.69, 9.17) is 25.3 Å². The number of amidine groups is 2. The fourth-order valence-corrected chi connectivity index (χ4v) is 8.93. The average molecular weight is 771 g/mol. The summed E-state index contributed by atoms with van der Waals surface area (Å²) in [6.45, 7) is 1.83. The molecule has 4 rings (SSSR count). The molecule has 0 saturated heterocycles. The molecule has 0 unspecified atom stereocenters. The normalized spacial score (nSPS) is 12.5.